The first-order valence-corrected chi connectivity index (χ1v) is 8.18. The van der Waals surface area contributed by atoms with Crippen LogP contribution >= 0.6 is 0 Å². The molecule has 0 radical (unpaired) electrons. The first-order valence-electron chi connectivity index (χ1n) is 8.18. The number of carbonyl (C=O) groups is 1. The number of amides is 1. The van der Waals surface area contributed by atoms with Crippen LogP contribution in [0.25, 0.3) is 0 Å². The molecule has 0 unspecified atom stereocenters. The van der Waals surface area contributed by atoms with Gasteiger partial charge in [-0.25, -0.2) is 4.98 Å². The summed E-state index contributed by atoms with van der Waals surface area (Å²) in [5.41, 5.74) is 3.32. The van der Waals surface area contributed by atoms with Gasteiger partial charge in [-0.1, -0.05) is 37.3 Å². The van der Waals surface area contributed by atoms with Crippen molar-refractivity contribution in [2.75, 3.05) is 0 Å². The summed E-state index contributed by atoms with van der Waals surface area (Å²) >= 11 is 0. The first-order chi connectivity index (χ1) is 12.2. The van der Waals surface area contributed by atoms with Crippen LogP contribution in [0.15, 0.2) is 54.7 Å². The SMILES string of the molecule is CCc1cc(C(=O)NCc2ccnc(OCc3ccccc3)c2)n[nH]1. The third-order valence-electron chi connectivity index (χ3n) is 3.73. The van der Waals surface area contributed by atoms with E-state index in [1.807, 2.05) is 49.4 Å². The topological polar surface area (TPSA) is 79.9 Å². The second-order valence-corrected chi connectivity index (χ2v) is 5.59. The van der Waals surface area contributed by atoms with Gasteiger partial charge in [0.2, 0.25) is 5.88 Å². The molecule has 0 saturated heterocycles. The van der Waals surface area contributed by atoms with Gasteiger partial charge in [0, 0.05) is 24.5 Å². The zero-order valence-electron chi connectivity index (χ0n) is 14.0. The maximum atomic E-state index is 12.1. The van der Waals surface area contributed by atoms with Crippen molar-refractivity contribution in [1.29, 1.82) is 0 Å². The van der Waals surface area contributed by atoms with Gasteiger partial charge in [-0.05, 0) is 29.7 Å². The molecule has 0 aliphatic carbocycles. The van der Waals surface area contributed by atoms with E-state index in [1.54, 1.807) is 12.3 Å². The highest BCUT2D eigenvalue weighted by atomic mass is 16.5. The summed E-state index contributed by atoms with van der Waals surface area (Å²) in [5.74, 6) is 0.322. The van der Waals surface area contributed by atoms with Gasteiger partial charge in [-0.3, -0.25) is 9.89 Å². The van der Waals surface area contributed by atoms with E-state index >= 15 is 0 Å². The quantitative estimate of drug-likeness (QED) is 0.695. The van der Waals surface area contributed by atoms with Crippen molar-refractivity contribution in [2.45, 2.75) is 26.5 Å². The Balaban J connectivity index is 1.55. The molecular weight excluding hydrogens is 316 g/mol. The molecule has 3 rings (SSSR count). The molecule has 0 aliphatic heterocycles. The molecule has 1 aromatic carbocycles. The number of nitrogens with one attached hydrogen (secondary N) is 2. The fraction of sp³-hybridized carbons (Fsp3) is 0.211. The molecule has 0 aliphatic rings. The largest absolute Gasteiger partial charge is 0.473 e. The summed E-state index contributed by atoms with van der Waals surface area (Å²) in [6.07, 6.45) is 2.48. The third kappa shape index (κ3) is 4.67. The average Bonchev–Trinajstić information content (AvgIpc) is 3.15. The van der Waals surface area contributed by atoms with Crippen molar-refractivity contribution in [1.82, 2.24) is 20.5 Å². The number of ether oxygens (including phenoxy) is 1. The number of aromatic nitrogens is 3. The molecule has 0 spiro atoms. The third-order valence-corrected chi connectivity index (χ3v) is 3.73. The summed E-state index contributed by atoms with van der Waals surface area (Å²) in [7, 11) is 0. The van der Waals surface area contributed by atoms with E-state index < -0.39 is 0 Å². The van der Waals surface area contributed by atoms with Crippen LogP contribution in [0.5, 0.6) is 5.88 Å². The number of aromatic amines is 1. The molecule has 3 aromatic rings. The highest BCUT2D eigenvalue weighted by molar-refractivity contribution is 5.92. The van der Waals surface area contributed by atoms with Crippen molar-refractivity contribution in [3.8, 4) is 5.88 Å². The normalized spacial score (nSPS) is 10.4. The maximum absolute atomic E-state index is 12.1. The lowest BCUT2D eigenvalue weighted by atomic mass is 10.2. The van der Waals surface area contributed by atoms with Crippen molar-refractivity contribution >= 4 is 5.91 Å². The van der Waals surface area contributed by atoms with E-state index in [-0.39, 0.29) is 5.91 Å². The molecule has 0 atom stereocenters. The van der Waals surface area contributed by atoms with Crippen LogP contribution < -0.4 is 10.1 Å². The van der Waals surface area contributed by atoms with Crippen molar-refractivity contribution in [3.05, 3.63) is 77.2 Å². The molecule has 0 bridgehead atoms. The molecule has 1 amide bonds. The van der Waals surface area contributed by atoms with Crippen molar-refractivity contribution < 1.29 is 9.53 Å². The van der Waals surface area contributed by atoms with E-state index in [2.05, 4.69) is 20.5 Å². The number of carbonyl (C=O) groups excluding carboxylic acids is 1. The highest BCUT2D eigenvalue weighted by Crippen LogP contribution is 2.12. The van der Waals surface area contributed by atoms with E-state index in [4.69, 9.17) is 4.74 Å². The summed E-state index contributed by atoms with van der Waals surface area (Å²) in [4.78, 5) is 16.3. The minimum atomic E-state index is -0.209. The number of H-pyrrole nitrogens is 1. The number of hydrogen-bond acceptors (Lipinski definition) is 4. The molecule has 25 heavy (non-hydrogen) atoms. The van der Waals surface area contributed by atoms with E-state index in [0.717, 1.165) is 23.2 Å². The maximum Gasteiger partial charge on any atom is 0.272 e. The lowest BCUT2D eigenvalue weighted by molar-refractivity contribution is 0.0946. The minimum absolute atomic E-state index is 0.209. The van der Waals surface area contributed by atoms with Crippen LogP contribution in [0.2, 0.25) is 0 Å². The van der Waals surface area contributed by atoms with Crippen LogP contribution in [0, 0.1) is 0 Å². The molecule has 0 saturated carbocycles. The van der Waals surface area contributed by atoms with Crippen LogP contribution in [-0.4, -0.2) is 21.1 Å². The smallest absolute Gasteiger partial charge is 0.272 e. The predicted molar refractivity (Wildman–Crippen MR) is 94.1 cm³/mol. The Hall–Kier alpha value is -3.15. The van der Waals surface area contributed by atoms with Gasteiger partial charge in [0.25, 0.3) is 5.91 Å². The Labute approximate surface area is 146 Å². The first kappa shape index (κ1) is 16.7. The molecule has 2 aromatic heterocycles. The van der Waals surface area contributed by atoms with Gasteiger partial charge in [0.05, 0.1) is 0 Å². The monoisotopic (exact) mass is 336 g/mol. The van der Waals surface area contributed by atoms with Gasteiger partial charge in [0.15, 0.2) is 0 Å². The van der Waals surface area contributed by atoms with Crippen LogP contribution in [0.1, 0.15) is 34.2 Å². The molecule has 0 fully saturated rings. The molecular formula is C19H20N4O2. The Kier molecular flexibility index (Phi) is 5.41. The summed E-state index contributed by atoms with van der Waals surface area (Å²) in [6.45, 7) is 2.84. The fourth-order valence-corrected chi connectivity index (χ4v) is 2.30. The Morgan fingerprint density at radius 2 is 2.00 bits per heavy atom. The summed E-state index contributed by atoms with van der Waals surface area (Å²) < 4.78 is 5.70. The number of nitrogens with zero attached hydrogens (tertiary/aromatic N) is 2. The van der Waals surface area contributed by atoms with Crippen LogP contribution in [0.4, 0.5) is 0 Å². The van der Waals surface area contributed by atoms with Crippen LogP contribution in [0.3, 0.4) is 0 Å². The number of benzene rings is 1. The van der Waals surface area contributed by atoms with E-state index in [1.165, 1.54) is 0 Å². The molecule has 128 valence electrons. The predicted octanol–water partition coefficient (Wildman–Crippen LogP) is 2.88. The molecule has 6 heteroatoms. The Morgan fingerprint density at radius 3 is 2.76 bits per heavy atom. The van der Waals surface area contributed by atoms with Gasteiger partial charge < -0.3 is 10.1 Å². The van der Waals surface area contributed by atoms with Crippen molar-refractivity contribution in [3.63, 3.8) is 0 Å². The number of rotatable bonds is 7. The van der Waals surface area contributed by atoms with Gasteiger partial charge >= 0.3 is 0 Å². The summed E-state index contributed by atoms with van der Waals surface area (Å²) in [6, 6.07) is 15.3. The molecule has 2 N–H and O–H groups in total. The molecule has 2 heterocycles. The van der Waals surface area contributed by atoms with Gasteiger partial charge in [0.1, 0.15) is 12.3 Å². The zero-order chi connectivity index (χ0) is 17.5. The van der Waals surface area contributed by atoms with Crippen molar-refractivity contribution in [2.24, 2.45) is 0 Å². The summed E-state index contributed by atoms with van der Waals surface area (Å²) in [5, 5.41) is 9.69. The lowest BCUT2D eigenvalue weighted by Crippen LogP contribution is -2.23. The second kappa shape index (κ2) is 8.10. The van der Waals surface area contributed by atoms with Gasteiger partial charge in [-0.2, -0.15) is 5.10 Å². The average molecular weight is 336 g/mol. The number of hydrogen-bond donors (Lipinski definition) is 2. The number of aryl methyl sites for hydroxylation is 1. The molecule has 6 nitrogen and oxygen atoms in total. The lowest BCUT2D eigenvalue weighted by Gasteiger charge is -2.08. The van der Waals surface area contributed by atoms with Gasteiger partial charge in [-0.15, -0.1) is 0 Å². The standard InChI is InChI=1S/C19H20N4O2/c1-2-16-11-17(23-22-16)19(24)21-12-15-8-9-20-18(10-15)25-13-14-6-4-3-5-7-14/h3-11H,2,12-13H2,1H3,(H,21,24)(H,22,23). The fourth-order valence-electron chi connectivity index (χ4n) is 2.30. The Morgan fingerprint density at radius 1 is 1.16 bits per heavy atom. The minimum Gasteiger partial charge on any atom is -0.473 e. The van der Waals surface area contributed by atoms with E-state index in [0.29, 0.717) is 24.7 Å². The highest BCUT2D eigenvalue weighted by Gasteiger charge is 2.09. The Bertz CT molecular complexity index is 830. The number of pyridine rings is 1. The van der Waals surface area contributed by atoms with Crippen LogP contribution in [-0.2, 0) is 19.6 Å². The second-order valence-electron chi connectivity index (χ2n) is 5.59. The zero-order valence-corrected chi connectivity index (χ0v) is 14.0. The van der Waals surface area contributed by atoms with E-state index in [9.17, 15) is 4.79 Å².